The van der Waals surface area contributed by atoms with Gasteiger partial charge in [-0.25, -0.2) is 0 Å². The maximum atomic E-state index is 13.0. The Bertz CT molecular complexity index is 955. The van der Waals surface area contributed by atoms with Crippen molar-refractivity contribution in [2.75, 3.05) is 52.2 Å². The van der Waals surface area contributed by atoms with Crippen LogP contribution in [0.5, 0.6) is 0 Å². The Kier molecular flexibility index (Phi) is 9.38. The number of hydrogen-bond acceptors (Lipinski definition) is 3. The molecule has 6 nitrogen and oxygen atoms in total. The van der Waals surface area contributed by atoms with Gasteiger partial charge in [0.1, 0.15) is 0 Å². The molecule has 180 valence electrons. The average molecular weight is 575 g/mol. The van der Waals surface area contributed by atoms with E-state index in [1.54, 1.807) is 39.3 Å². The normalized spacial score (nSPS) is 14.5. The van der Waals surface area contributed by atoms with E-state index in [4.69, 9.17) is 0 Å². The lowest BCUT2D eigenvalue weighted by atomic mass is 10.1. The molecule has 3 rings (SSSR count). The van der Waals surface area contributed by atoms with E-state index in [0.717, 1.165) is 17.6 Å². The monoisotopic (exact) mass is 575 g/mol. The molecule has 0 radical (unpaired) electrons. The first-order valence-corrected chi connectivity index (χ1v) is 10.4. The number of carbonyl (C=O) groups is 1. The zero-order chi connectivity index (χ0) is 23.3. The predicted molar refractivity (Wildman–Crippen MR) is 135 cm³/mol. The summed E-state index contributed by atoms with van der Waals surface area (Å²) >= 11 is 0. The molecule has 0 saturated carbocycles. The molecule has 0 atom stereocenters. The molecule has 1 amide bonds. The van der Waals surface area contributed by atoms with Crippen LogP contribution in [0.25, 0.3) is 0 Å². The van der Waals surface area contributed by atoms with E-state index in [-0.39, 0.29) is 29.9 Å². The first-order valence-electron chi connectivity index (χ1n) is 10.4. The zero-order valence-electron chi connectivity index (χ0n) is 18.9. The molecule has 2 aromatic carbocycles. The van der Waals surface area contributed by atoms with Crippen molar-refractivity contribution < 1.29 is 18.0 Å². The highest BCUT2D eigenvalue weighted by molar-refractivity contribution is 14.0. The van der Waals surface area contributed by atoms with E-state index in [2.05, 4.69) is 15.2 Å². The summed E-state index contributed by atoms with van der Waals surface area (Å²) in [5, 5.41) is 3.32. The highest BCUT2D eigenvalue weighted by atomic mass is 127. The maximum Gasteiger partial charge on any atom is 0.416 e. The van der Waals surface area contributed by atoms with Gasteiger partial charge in [0.25, 0.3) is 5.91 Å². The van der Waals surface area contributed by atoms with Crippen molar-refractivity contribution in [1.82, 2.24) is 15.1 Å². The third-order valence-electron chi connectivity index (χ3n) is 5.39. The van der Waals surface area contributed by atoms with E-state index in [1.165, 1.54) is 17.0 Å². The van der Waals surface area contributed by atoms with Gasteiger partial charge in [-0.05, 0) is 35.9 Å². The Morgan fingerprint density at radius 1 is 1.06 bits per heavy atom. The highest BCUT2D eigenvalue weighted by Gasteiger charge is 2.31. The summed E-state index contributed by atoms with van der Waals surface area (Å²) in [4.78, 5) is 21.9. The number of alkyl halides is 3. The summed E-state index contributed by atoms with van der Waals surface area (Å²) in [7, 11) is 5.14. The van der Waals surface area contributed by atoms with Crippen molar-refractivity contribution in [3.05, 3.63) is 65.2 Å². The molecule has 1 saturated heterocycles. The second-order valence-electron chi connectivity index (χ2n) is 7.82. The molecule has 1 N–H and O–H groups in total. The average Bonchev–Trinajstić information content (AvgIpc) is 2.79. The van der Waals surface area contributed by atoms with E-state index >= 15 is 0 Å². The lowest BCUT2D eigenvalue weighted by molar-refractivity contribution is -0.137. The third-order valence-corrected chi connectivity index (χ3v) is 5.39. The third kappa shape index (κ3) is 6.99. The van der Waals surface area contributed by atoms with Crippen LogP contribution >= 0.6 is 24.0 Å². The fourth-order valence-corrected chi connectivity index (χ4v) is 3.59. The van der Waals surface area contributed by atoms with Crippen LogP contribution in [0.15, 0.2) is 53.5 Å². The number of amides is 1. The van der Waals surface area contributed by atoms with Crippen molar-refractivity contribution >= 4 is 41.5 Å². The van der Waals surface area contributed by atoms with Crippen LogP contribution in [-0.4, -0.2) is 69.0 Å². The van der Waals surface area contributed by atoms with Crippen LogP contribution in [0.4, 0.5) is 18.9 Å². The van der Waals surface area contributed by atoms with Crippen molar-refractivity contribution in [3.8, 4) is 0 Å². The van der Waals surface area contributed by atoms with Gasteiger partial charge in [0.05, 0.1) is 5.56 Å². The number of piperazine rings is 1. The molecule has 0 bridgehead atoms. The number of anilines is 1. The Labute approximate surface area is 209 Å². The summed E-state index contributed by atoms with van der Waals surface area (Å²) in [5.41, 5.74) is 1.60. The fraction of sp³-hybridized carbons (Fsp3) is 0.391. The molecular formula is C23H29F3IN5O. The molecule has 1 heterocycles. The van der Waals surface area contributed by atoms with E-state index in [9.17, 15) is 18.0 Å². The number of nitrogens with zero attached hydrogens (tertiary/aromatic N) is 4. The number of benzene rings is 2. The van der Waals surface area contributed by atoms with Crippen molar-refractivity contribution in [1.29, 1.82) is 0 Å². The summed E-state index contributed by atoms with van der Waals surface area (Å²) in [6.45, 7) is 3.04. The maximum absolute atomic E-state index is 13.0. The van der Waals surface area contributed by atoms with Crippen LogP contribution < -0.4 is 10.2 Å². The Morgan fingerprint density at radius 2 is 1.70 bits per heavy atom. The standard InChI is InChI=1S/C23H28F3N5O.HI/c1-27-22(28-16-17-7-9-18(10-8-17)21(32)29(2)3)31-13-11-30(12-14-31)20-6-4-5-19(15-20)23(24,25)26;/h4-10,15H,11-14,16H2,1-3H3,(H,27,28);1H. The number of hydrogen-bond donors (Lipinski definition) is 1. The van der Waals surface area contributed by atoms with Crippen LogP contribution in [-0.2, 0) is 12.7 Å². The van der Waals surface area contributed by atoms with Crippen LogP contribution in [0, 0.1) is 0 Å². The molecule has 1 fully saturated rings. The largest absolute Gasteiger partial charge is 0.416 e. The van der Waals surface area contributed by atoms with Gasteiger partial charge in [0, 0.05) is 65.1 Å². The van der Waals surface area contributed by atoms with Crippen LogP contribution in [0.2, 0.25) is 0 Å². The minimum absolute atomic E-state index is 0. The van der Waals surface area contributed by atoms with Crippen LogP contribution in [0.1, 0.15) is 21.5 Å². The number of nitrogens with one attached hydrogen (secondary N) is 1. The van der Waals surface area contributed by atoms with Gasteiger partial charge in [-0.1, -0.05) is 18.2 Å². The minimum Gasteiger partial charge on any atom is -0.368 e. The number of halogens is 4. The molecular weight excluding hydrogens is 546 g/mol. The summed E-state index contributed by atoms with van der Waals surface area (Å²) < 4.78 is 39.0. The SMILES string of the molecule is CN=C(NCc1ccc(C(=O)N(C)C)cc1)N1CCN(c2cccc(C(F)(F)F)c2)CC1.I. The molecule has 10 heteroatoms. The molecule has 2 aromatic rings. The van der Waals surface area contributed by atoms with Crippen molar-refractivity contribution in [2.45, 2.75) is 12.7 Å². The van der Waals surface area contributed by atoms with Crippen molar-refractivity contribution in [3.63, 3.8) is 0 Å². The summed E-state index contributed by atoms with van der Waals surface area (Å²) in [6.07, 6.45) is -4.35. The van der Waals surface area contributed by atoms with Crippen molar-refractivity contribution in [2.24, 2.45) is 4.99 Å². The number of aliphatic imine (C=N–C) groups is 1. The van der Waals surface area contributed by atoms with Gasteiger partial charge in [0.2, 0.25) is 0 Å². The van der Waals surface area contributed by atoms with Gasteiger partial charge in [0.15, 0.2) is 5.96 Å². The van der Waals surface area contributed by atoms with Crippen LogP contribution in [0.3, 0.4) is 0 Å². The molecule has 33 heavy (non-hydrogen) atoms. The quantitative estimate of drug-likeness (QED) is 0.342. The van der Waals surface area contributed by atoms with E-state index < -0.39 is 11.7 Å². The number of guanidine groups is 1. The summed E-state index contributed by atoms with van der Waals surface area (Å²) in [5.74, 6) is 0.695. The Hall–Kier alpha value is -2.50. The zero-order valence-corrected chi connectivity index (χ0v) is 21.2. The molecule has 1 aliphatic heterocycles. The first kappa shape index (κ1) is 26.7. The number of carbonyl (C=O) groups excluding carboxylic acids is 1. The highest BCUT2D eigenvalue weighted by Crippen LogP contribution is 2.31. The van der Waals surface area contributed by atoms with E-state index in [1.807, 2.05) is 17.0 Å². The van der Waals surface area contributed by atoms with Gasteiger partial charge in [-0.2, -0.15) is 13.2 Å². The smallest absolute Gasteiger partial charge is 0.368 e. The van der Waals surface area contributed by atoms with Gasteiger partial charge >= 0.3 is 6.18 Å². The second-order valence-corrected chi connectivity index (χ2v) is 7.82. The molecule has 0 spiro atoms. The molecule has 0 unspecified atom stereocenters. The fourth-order valence-electron chi connectivity index (χ4n) is 3.59. The lowest BCUT2D eigenvalue weighted by Gasteiger charge is -2.37. The Balaban J connectivity index is 0.00000385. The molecule has 0 aliphatic carbocycles. The topological polar surface area (TPSA) is 51.2 Å². The van der Waals surface area contributed by atoms with Gasteiger partial charge < -0.3 is 20.0 Å². The Morgan fingerprint density at radius 3 is 2.24 bits per heavy atom. The molecule has 0 aromatic heterocycles. The molecule has 1 aliphatic rings. The van der Waals surface area contributed by atoms with Gasteiger partial charge in [-0.15, -0.1) is 24.0 Å². The summed E-state index contributed by atoms with van der Waals surface area (Å²) in [6, 6.07) is 12.9. The first-order chi connectivity index (χ1) is 15.2. The second kappa shape index (κ2) is 11.6. The number of rotatable bonds is 4. The lowest BCUT2D eigenvalue weighted by Crippen LogP contribution is -2.52. The predicted octanol–water partition coefficient (Wildman–Crippen LogP) is 3.92. The minimum atomic E-state index is -4.35. The van der Waals surface area contributed by atoms with Gasteiger partial charge in [-0.3, -0.25) is 9.79 Å². The van der Waals surface area contributed by atoms with E-state index in [0.29, 0.717) is 44.0 Å².